The van der Waals surface area contributed by atoms with Gasteiger partial charge in [0.2, 0.25) is 5.91 Å². The lowest BCUT2D eigenvalue weighted by Gasteiger charge is -2.11. The van der Waals surface area contributed by atoms with E-state index >= 15 is 0 Å². The van der Waals surface area contributed by atoms with E-state index in [9.17, 15) is 4.79 Å². The van der Waals surface area contributed by atoms with Crippen molar-refractivity contribution in [2.75, 3.05) is 25.5 Å². The molecule has 0 aromatic heterocycles. The van der Waals surface area contributed by atoms with Crippen LogP contribution in [-0.2, 0) is 11.2 Å². The molecule has 2 aromatic rings. The van der Waals surface area contributed by atoms with Crippen LogP contribution in [0.15, 0.2) is 42.5 Å². The molecule has 4 heteroatoms. The van der Waals surface area contributed by atoms with E-state index in [2.05, 4.69) is 22.8 Å². The number of hydrogen-bond acceptors (Lipinski definition) is 3. The fourth-order valence-electron chi connectivity index (χ4n) is 2.57. The first-order chi connectivity index (χ1) is 11.6. The van der Waals surface area contributed by atoms with Crippen LogP contribution in [0.1, 0.15) is 23.1 Å². The van der Waals surface area contributed by atoms with Gasteiger partial charge < -0.3 is 15.4 Å². The van der Waals surface area contributed by atoms with Gasteiger partial charge in [0.25, 0.3) is 0 Å². The first-order valence-corrected chi connectivity index (χ1v) is 8.30. The van der Waals surface area contributed by atoms with Gasteiger partial charge in [0.15, 0.2) is 0 Å². The minimum atomic E-state index is 0.0457. The van der Waals surface area contributed by atoms with Crippen LogP contribution < -0.4 is 15.4 Å². The summed E-state index contributed by atoms with van der Waals surface area (Å²) in [4.78, 5) is 12.1. The zero-order valence-corrected chi connectivity index (χ0v) is 14.7. The molecule has 128 valence electrons. The summed E-state index contributed by atoms with van der Waals surface area (Å²) in [5.74, 6) is 0.916. The van der Waals surface area contributed by atoms with Crippen molar-refractivity contribution in [3.63, 3.8) is 0 Å². The summed E-state index contributed by atoms with van der Waals surface area (Å²) in [7, 11) is 1.67. The first-order valence-electron chi connectivity index (χ1n) is 8.30. The van der Waals surface area contributed by atoms with Gasteiger partial charge in [-0.05, 0) is 55.6 Å². The summed E-state index contributed by atoms with van der Waals surface area (Å²) in [5, 5.41) is 6.32. The maximum absolute atomic E-state index is 12.1. The van der Waals surface area contributed by atoms with Crippen LogP contribution in [0.5, 0.6) is 5.75 Å². The van der Waals surface area contributed by atoms with Crippen LogP contribution in [0, 0.1) is 13.8 Å². The fourth-order valence-corrected chi connectivity index (χ4v) is 2.57. The maximum Gasteiger partial charge on any atom is 0.225 e. The van der Waals surface area contributed by atoms with Crippen molar-refractivity contribution in [1.82, 2.24) is 5.32 Å². The Hall–Kier alpha value is -2.33. The van der Waals surface area contributed by atoms with Crippen LogP contribution in [0.3, 0.4) is 0 Å². The third kappa shape index (κ3) is 5.39. The van der Waals surface area contributed by atoms with Crippen LogP contribution in [0.2, 0.25) is 0 Å². The van der Waals surface area contributed by atoms with Gasteiger partial charge in [0, 0.05) is 18.7 Å². The number of para-hydroxylation sites is 1. The molecule has 0 atom stereocenters. The van der Waals surface area contributed by atoms with Gasteiger partial charge in [-0.3, -0.25) is 4.79 Å². The van der Waals surface area contributed by atoms with Gasteiger partial charge in [-0.15, -0.1) is 0 Å². The molecule has 0 unspecified atom stereocenters. The SMILES string of the molecule is COc1ccc(CCNCCC(=O)Nc2c(C)cccc2C)cc1. The van der Waals surface area contributed by atoms with E-state index in [1.807, 2.05) is 44.2 Å². The van der Waals surface area contributed by atoms with E-state index in [0.29, 0.717) is 13.0 Å². The third-order valence-electron chi connectivity index (χ3n) is 4.02. The molecule has 2 aromatic carbocycles. The standard InChI is InChI=1S/C20H26N2O2/c1-15-5-4-6-16(2)20(15)22-19(23)12-14-21-13-11-17-7-9-18(24-3)10-8-17/h4-10,21H,11-14H2,1-3H3,(H,22,23). The Labute approximate surface area is 144 Å². The molecule has 2 N–H and O–H groups in total. The molecular weight excluding hydrogens is 300 g/mol. The Kier molecular flexibility index (Phi) is 6.82. The number of rotatable bonds is 8. The Morgan fingerprint density at radius 3 is 2.29 bits per heavy atom. The maximum atomic E-state index is 12.1. The molecule has 0 saturated heterocycles. The summed E-state index contributed by atoms with van der Waals surface area (Å²) in [6.07, 6.45) is 1.40. The lowest BCUT2D eigenvalue weighted by molar-refractivity contribution is -0.116. The lowest BCUT2D eigenvalue weighted by atomic mass is 10.1. The number of amides is 1. The summed E-state index contributed by atoms with van der Waals surface area (Å²) in [5.41, 5.74) is 4.37. The summed E-state index contributed by atoms with van der Waals surface area (Å²) in [6.45, 7) is 5.54. The molecule has 0 spiro atoms. The van der Waals surface area contributed by atoms with Gasteiger partial charge in [0.1, 0.15) is 5.75 Å². The van der Waals surface area contributed by atoms with E-state index in [1.165, 1.54) is 5.56 Å². The summed E-state index contributed by atoms with van der Waals surface area (Å²) in [6, 6.07) is 14.1. The highest BCUT2D eigenvalue weighted by Crippen LogP contribution is 2.19. The number of nitrogens with one attached hydrogen (secondary N) is 2. The van der Waals surface area contributed by atoms with E-state index in [0.717, 1.165) is 35.5 Å². The van der Waals surface area contributed by atoms with Crippen molar-refractivity contribution >= 4 is 11.6 Å². The molecule has 0 heterocycles. The molecule has 0 aliphatic heterocycles. The van der Waals surface area contributed by atoms with Gasteiger partial charge in [-0.1, -0.05) is 30.3 Å². The predicted octanol–water partition coefficient (Wildman–Crippen LogP) is 3.47. The zero-order chi connectivity index (χ0) is 17.4. The second kappa shape index (κ2) is 9.08. The number of aryl methyl sites for hydroxylation is 2. The second-order valence-electron chi connectivity index (χ2n) is 5.91. The van der Waals surface area contributed by atoms with Crippen molar-refractivity contribution < 1.29 is 9.53 Å². The molecule has 0 saturated carbocycles. The molecule has 24 heavy (non-hydrogen) atoms. The fraction of sp³-hybridized carbons (Fsp3) is 0.350. The predicted molar refractivity (Wildman–Crippen MR) is 98.7 cm³/mol. The van der Waals surface area contributed by atoms with E-state index in [1.54, 1.807) is 7.11 Å². The third-order valence-corrected chi connectivity index (χ3v) is 4.02. The molecule has 0 radical (unpaired) electrons. The number of carbonyl (C=O) groups is 1. The largest absolute Gasteiger partial charge is 0.497 e. The van der Waals surface area contributed by atoms with Gasteiger partial charge in [-0.2, -0.15) is 0 Å². The number of hydrogen-bond donors (Lipinski definition) is 2. The number of ether oxygens (including phenoxy) is 1. The van der Waals surface area contributed by atoms with Crippen molar-refractivity contribution in [3.8, 4) is 5.75 Å². The number of benzene rings is 2. The van der Waals surface area contributed by atoms with Crippen LogP contribution in [0.25, 0.3) is 0 Å². The Bertz CT molecular complexity index is 646. The highest BCUT2D eigenvalue weighted by atomic mass is 16.5. The second-order valence-corrected chi connectivity index (χ2v) is 5.91. The highest BCUT2D eigenvalue weighted by Gasteiger charge is 2.06. The van der Waals surface area contributed by atoms with Crippen molar-refractivity contribution in [2.24, 2.45) is 0 Å². The monoisotopic (exact) mass is 326 g/mol. The number of carbonyl (C=O) groups excluding carboxylic acids is 1. The molecule has 4 nitrogen and oxygen atoms in total. The van der Waals surface area contributed by atoms with Gasteiger partial charge >= 0.3 is 0 Å². The molecule has 0 aliphatic rings. The van der Waals surface area contributed by atoms with Crippen LogP contribution in [0.4, 0.5) is 5.69 Å². The quantitative estimate of drug-likeness (QED) is 0.730. The van der Waals surface area contributed by atoms with E-state index in [4.69, 9.17) is 4.74 Å². The minimum Gasteiger partial charge on any atom is -0.497 e. The van der Waals surface area contributed by atoms with Crippen molar-refractivity contribution in [1.29, 1.82) is 0 Å². The molecule has 1 amide bonds. The molecule has 0 fully saturated rings. The Balaban J connectivity index is 1.67. The zero-order valence-electron chi connectivity index (χ0n) is 14.7. The highest BCUT2D eigenvalue weighted by molar-refractivity contribution is 5.92. The average molecular weight is 326 g/mol. The Morgan fingerprint density at radius 2 is 1.67 bits per heavy atom. The molecule has 2 rings (SSSR count). The number of anilines is 1. The Morgan fingerprint density at radius 1 is 1.00 bits per heavy atom. The van der Waals surface area contributed by atoms with Gasteiger partial charge in [-0.25, -0.2) is 0 Å². The smallest absolute Gasteiger partial charge is 0.225 e. The first kappa shape index (κ1) is 18.0. The lowest BCUT2D eigenvalue weighted by Crippen LogP contribution is -2.24. The molecule has 0 bridgehead atoms. The molecule has 0 aliphatic carbocycles. The van der Waals surface area contributed by atoms with E-state index < -0.39 is 0 Å². The summed E-state index contributed by atoms with van der Waals surface area (Å²) < 4.78 is 5.14. The van der Waals surface area contributed by atoms with Gasteiger partial charge in [0.05, 0.1) is 7.11 Å². The number of methoxy groups -OCH3 is 1. The summed E-state index contributed by atoms with van der Waals surface area (Å²) >= 11 is 0. The van der Waals surface area contributed by atoms with Crippen molar-refractivity contribution in [2.45, 2.75) is 26.7 Å². The van der Waals surface area contributed by atoms with Crippen molar-refractivity contribution in [3.05, 3.63) is 59.2 Å². The normalized spacial score (nSPS) is 10.5. The minimum absolute atomic E-state index is 0.0457. The van der Waals surface area contributed by atoms with Crippen LogP contribution >= 0.6 is 0 Å². The topological polar surface area (TPSA) is 50.4 Å². The molecular formula is C20H26N2O2. The van der Waals surface area contributed by atoms with E-state index in [-0.39, 0.29) is 5.91 Å². The average Bonchev–Trinajstić information content (AvgIpc) is 2.58. The van der Waals surface area contributed by atoms with Crippen LogP contribution in [-0.4, -0.2) is 26.1 Å².